The van der Waals surface area contributed by atoms with Crippen LogP contribution in [0.5, 0.6) is 5.75 Å². The van der Waals surface area contributed by atoms with Crippen molar-refractivity contribution < 1.29 is 22.7 Å². The Morgan fingerprint density at radius 1 is 1.00 bits per heavy atom. The topological polar surface area (TPSA) is 92.6 Å². The van der Waals surface area contributed by atoms with Crippen LogP contribution in [0.3, 0.4) is 0 Å². The molecular formula is C25H23F3N6O2. The number of benzene rings is 2. The Hall–Kier alpha value is -4.12. The van der Waals surface area contributed by atoms with E-state index in [9.17, 15) is 18.0 Å². The van der Waals surface area contributed by atoms with Crippen molar-refractivity contribution in [3.63, 3.8) is 0 Å². The third kappa shape index (κ3) is 5.57. The maximum atomic E-state index is 12.5. The molecule has 1 aliphatic heterocycles. The van der Waals surface area contributed by atoms with Gasteiger partial charge in [0.1, 0.15) is 5.75 Å². The molecule has 4 aromatic rings. The van der Waals surface area contributed by atoms with Crippen LogP contribution in [-0.4, -0.2) is 46.0 Å². The van der Waals surface area contributed by atoms with Gasteiger partial charge in [-0.3, -0.25) is 4.79 Å². The summed E-state index contributed by atoms with van der Waals surface area (Å²) in [4.78, 5) is 17.0. The predicted octanol–water partition coefficient (Wildman–Crippen LogP) is 4.52. The molecule has 0 bridgehead atoms. The molecule has 1 fully saturated rings. The van der Waals surface area contributed by atoms with E-state index < -0.39 is 6.36 Å². The van der Waals surface area contributed by atoms with Gasteiger partial charge in [0.2, 0.25) is 5.95 Å². The zero-order valence-corrected chi connectivity index (χ0v) is 19.0. The van der Waals surface area contributed by atoms with Crippen molar-refractivity contribution in [3.8, 4) is 17.0 Å². The number of carbonyl (C=O) groups is 1. The number of hydrogen-bond donors (Lipinski definition) is 3. The van der Waals surface area contributed by atoms with Gasteiger partial charge >= 0.3 is 6.36 Å². The number of anilines is 2. The van der Waals surface area contributed by atoms with Crippen molar-refractivity contribution >= 4 is 23.2 Å². The summed E-state index contributed by atoms with van der Waals surface area (Å²) in [6.45, 7) is 1.80. The Labute approximate surface area is 204 Å². The van der Waals surface area contributed by atoms with Gasteiger partial charge in [-0.15, -0.1) is 18.3 Å². The first kappa shape index (κ1) is 23.6. The number of nitrogens with one attached hydrogen (secondary N) is 3. The molecule has 2 aromatic carbocycles. The van der Waals surface area contributed by atoms with Crippen molar-refractivity contribution in [2.24, 2.45) is 0 Å². The zero-order chi connectivity index (χ0) is 25.1. The average Bonchev–Trinajstić information content (AvgIpc) is 3.27. The maximum Gasteiger partial charge on any atom is 0.573 e. The molecule has 0 aliphatic carbocycles. The smallest absolute Gasteiger partial charge is 0.406 e. The molecule has 8 nitrogen and oxygen atoms in total. The SMILES string of the molecule is O=C(NC1CCNCC1)c1ccc(Nc2nc3cccc(-c4ccc(OC(F)(F)F)cc4)n3n2)cc1. The number of halogens is 3. The molecule has 1 aliphatic rings. The second kappa shape index (κ2) is 9.86. The number of ether oxygens (including phenoxy) is 1. The molecule has 0 radical (unpaired) electrons. The average molecular weight is 496 g/mol. The number of fused-ring (bicyclic) bond motifs is 1. The van der Waals surface area contributed by atoms with E-state index in [0.717, 1.165) is 25.9 Å². The summed E-state index contributed by atoms with van der Waals surface area (Å²) in [5, 5.41) is 14.0. The molecule has 186 valence electrons. The fraction of sp³-hybridized carbons (Fsp3) is 0.240. The van der Waals surface area contributed by atoms with Crippen LogP contribution in [0.4, 0.5) is 24.8 Å². The normalized spacial score (nSPS) is 14.5. The molecular weight excluding hydrogens is 473 g/mol. The number of rotatable bonds is 6. The number of nitrogens with zero attached hydrogens (tertiary/aromatic N) is 3. The van der Waals surface area contributed by atoms with Crippen LogP contribution in [0.25, 0.3) is 16.9 Å². The summed E-state index contributed by atoms with van der Waals surface area (Å²) in [7, 11) is 0. The summed E-state index contributed by atoms with van der Waals surface area (Å²) in [6.07, 6.45) is -2.92. The third-order valence-corrected chi connectivity index (χ3v) is 5.82. The molecule has 0 unspecified atom stereocenters. The molecule has 0 atom stereocenters. The molecule has 5 rings (SSSR count). The molecule has 1 amide bonds. The molecule has 2 aromatic heterocycles. The lowest BCUT2D eigenvalue weighted by Crippen LogP contribution is -2.42. The zero-order valence-electron chi connectivity index (χ0n) is 19.0. The quantitative estimate of drug-likeness (QED) is 0.364. The highest BCUT2D eigenvalue weighted by Crippen LogP contribution is 2.27. The number of pyridine rings is 1. The summed E-state index contributed by atoms with van der Waals surface area (Å²) in [5.74, 6) is -0.0609. The van der Waals surface area contributed by atoms with Gasteiger partial charge in [0.05, 0.1) is 5.69 Å². The van der Waals surface area contributed by atoms with Gasteiger partial charge in [-0.05, 0) is 86.6 Å². The van der Waals surface area contributed by atoms with Gasteiger partial charge in [-0.25, -0.2) is 4.52 Å². The lowest BCUT2D eigenvalue weighted by atomic mass is 10.1. The molecule has 1 saturated heterocycles. The second-order valence-corrected chi connectivity index (χ2v) is 8.39. The minimum absolute atomic E-state index is 0.101. The van der Waals surface area contributed by atoms with Gasteiger partial charge < -0.3 is 20.7 Å². The summed E-state index contributed by atoms with van der Waals surface area (Å²) in [5.41, 5.74) is 3.14. The monoisotopic (exact) mass is 496 g/mol. The van der Waals surface area contributed by atoms with Crippen LogP contribution >= 0.6 is 0 Å². The first-order valence-corrected chi connectivity index (χ1v) is 11.4. The van der Waals surface area contributed by atoms with E-state index in [-0.39, 0.29) is 17.7 Å². The Kier molecular flexibility index (Phi) is 6.47. The molecule has 0 saturated carbocycles. The molecule has 36 heavy (non-hydrogen) atoms. The van der Waals surface area contributed by atoms with Crippen molar-refractivity contribution in [2.45, 2.75) is 25.2 Å². The number of piperidine rings is 1. The van der Waals surface area contributed by atoms with Crippen molar-refractivity contribution in [3.05, 3.63) is 72.3 Å². The highest BCUT2D eigenvalue weighted by molar-refractivity contribution is 5.94. The Morgan fingerprint density at radius 3 is 2.42 bits per heavy atom. The summed E-state index contributed by atoms with van der Waals surface area (Å²) >= 11 is 0. The minimum Gasteiger partial charge on any atom is -0.406 e. The van der Waals surface area contributed by atoms with E-state index in [1.807, 2.05) is 0 Å². The first-order chi connectivity index (χ1) is 17.3. The Bertz CT molecular complexity index is 1350. The van der Waals surface area contributed by atoms with E-state index in [4.69, 9.17) is 0 Å². The molecule has 0 spiro atoms. The molecule has 3 N–H and O–H groups in total. The summed E-state index contributed by atoms with van der Waals surface area (Å²) in [6, 6.07) is 18.1. The molecule has 3 heterocycles. The van der Waals surface area contributed by atoms with Gasteiger partial charge in [0.15, 0.2) is 5.65 Å². The van der Waals surface area contributed by atoms with Crippen molar-refractivity contribution in [2.75, 3.05) is 18.4 Å². The summed E-state index contributed by atoms with van der Waals surface area (Å²) < 4.78 is 42.9. The fourth-order valence-electron chi connectivity index (χ4n) is 4.07. The van der Waals surface area contributed by atoms with Crippen LogP contribution in [0.1, 0.15) is 23.2 Å². The van der Waals surface area contributed by atoms with Gasteiger partial charge in [0.25, 0.3) is 5.91 Å². The Balaban J connectivity index is 1.29. The minimum atomic E-state index is -4.75. The lowest BCUT2D eigenvalue weighted by Gasteiger charge is -2.23. The van der Waals surface area contributed by atoms with E-state index in [0.29, 0.717) is 34.1 Å². The highest BCUT2D eigenvalue weighted by atomic mass is 19.4. The largest absolute Gasteiger partial charge is 0.573 e. The second-order valence-electron chi connectivity index (χ2n) is 8.39. The maximum absolute atomic E-state index is 12.5. The Morgan fingerprint density at radius 2 is 1.72 bits per heavy atom. The third-order valence-electron chi connectivity index (χ3n) is 5.82. The standard InChI is InChI=1S/C25H23F3N6O2/c26-25(27,28)36-20-10-6-16(7-11-20)21-2-1-3-22-32-24(33-34(21)22)31-18-8-4-17(5-9-18)23(35)30-19-12-14-29-15-13-19/h1-11,19,29H,12-15H2,(H,30,35)(H,31,33). The van der Waals surface area contributed by atoms with Crippen LogP contribution in [0.15, 0.2) is 66.7 Å². The highest BCUT2D eigenvalue weighted by Gasteiger charge is 2.31. The number of hydrogen-bond acceptors (Lipinski definition) is 6. The number of amides is 1. The number of aromatic nitrogens is 3. The van der Waals surface area contributed by atoms with Gasteiger partial charge in [-0.1, -0.05) is 6.07 Å². The lowest BCUT2D eigenvalue weighted by molar-refractivity contribution is -0.274. The van der Waals surface area contributed by atoms with Crippen molar-refractivity contribution in [1.82, 2.24) is 25.2 Å². The van der Waals surface area contributed by atoms with Crippen LogP contribution in [-0.2, 0) is 0 Å². The number of carbonyl (C=O) groups excluding carboxylic acids is 1. The molecule has 11 heteroatoms. The van der Waals surface area contributed by atoms with E-state index >= 15 is 0 Å². The van der Waals surface area contributed by atoms with Crippen LogP contribution in [0, 0.1) is 0 Å². The van der Waals surface area contributed by atoms with Gasteiger partial charge in [-0.2, -0.15) is 4.98 Å². The first-order valence-electron chi connectivity index (χ1n) is 11.4. The van der Waals surface area contributed by atoms with Crippen LogP contribution in [0.2, 0.25) is 0 Å². The fourth-order valence-corrected chi connectivity index (χ4v) is 4.07. The van der Waals surface area contributed by atoms with Crippen molar-refractivity contribution in [1.29, 1.82) is 0 Å². The van der Waals surface area contributed by atoms with E-state index in [1.54, 1.807) is 47.0 Å². The predicted molar refractivity (Wildman–Crippen MR) is 128 cm³/mol. The van der Waals surface area contributed by atoms with E-state index in [2.05, 4.69) is 30.8 Å². The van der Waals surface area contributed by atoms with E-state index in [1.165, 1.54) is 24.3 Å². The van der Waals surface area contributed by atoms with Crippen LogP contribution < -0.4 is 20.7 Å². The number of alkyl halides is 3. The van der Waals surface area contributed by atoms with Gasteiger partial charge in [0, 0.05) is 22.9 Å².